The van der Waals surface area contributed by atoms with Crippen molar-refractivity contribution < 1.29 is 4.74 Å². The Bertz CT molecular complexity index is 281. The fraction of sp³-hybridized carbons (Fsp3) is 0.200. The lowest BCUT2D eigenvalue weighted by molar-refractivity contribution is 0.347. The Morgan fingerprint density at radius 2 is 1.92 bits per heavy atom. The first kappa shape index (κ1) is 8.97. The van der Waals surface area contributed by atoms with E-state index in [2.05, 4.69) is 25.0 Å². The van der Waals surface area contributed by atoms with Crippen LogP contribution < -0.4 is 16.8 Å². The molecule has 0 bridgehead atoms. The molecule has 8 heteroatoms. The summed E-state index contributed by atoms with van der Waals surface area (Å²) >= 11 is 0. The topological polar surface area (TPSA) is 136 Å². The zero-order valence-electron chi connectivity index (χ0n) is 6.69. The second-order valence-corrected chi connectivity index (χ2v) is 1.98. The van der Waals surface area contributed by atoms with Gasteiger partial charge in [-0.05, 0) is 0 Å². The van der Waals surface area contributed by atoms with Crippen LogP contribution in [0.5, 0.6) is 0 Å². The average molecular weight is 183 g/mol. The van der Waals surface area contributed by atoms with E-state index in [1.807, 2.05) is 0 Å². The standard InChI is InChI=1S/C5H9N7O/c6-1-13-2-9-5-11-3(7)10-4(8)12-5/h1,6H,2H2,(H5,7,8,9,10,11,12). The molecule has 1 rings (SSSR count). The number of anilines is 3. The Balaban J connectivity index is 2.60. The SMILES string of the molecule is N=COCNc1nc(N)nc(N)n1. The minimum absolute atomic E-state index is 0.0323. The van der Waals surface area contributed by atoms with Crippen molar-refractivity contribution in [3.63, 3.8) is 0 Å². The fourth-order valence-corrected chi connectivity index (χ4v) is 0.636. The molecule has 0 unspecified atom stereocenters. The number of aromatic nitrogens is 3. The Morgan fingerprint density at radius 1 is 1.31 bits per heavy atom. The van der Waals surface area contributed by atoms with Crippen LogP contribution in [0.4, 0.5) is 17.8 Å². The van der Waals surface area contributed by atoms with E-state index in [4.69, 9.17) is 16.9 Å². The van der Waals surface area contributed by atoms with Gasteiger partial charge in [0.2, 0.25) is 17.8 Å². The predicted molar refractivity (Wildman–Crippen MR) is 47.0 cm³/mol. The predicted octanol–water partition coefficient (Wildman–Crippen LogP) is -0.971. The molecule has 1 aromatic rings. The molecule has 13 heavy (non-hydrogen) atoms. The molecule has 0 aliphatic heterocycles. The zero-order valence-corrected chi connectivity index (χ0v) is 6.69. The summed E-state index contributed by atoms with van der Waals surface area (Å²) < 4.78 is 4.57. The zero-order chi connectivity index (χ0) is 9.68. The van der Waals surface area contributed by atoms with Gasteiger partial charge in [0.15, 0.2) is 13.1 Å². The summed E-state index contributed by atoms with van der Waals surface area (Å²) in [6.45, 7) is 0.0758. The molecule has 0 saturated carbocycles. The highest BCUT2D eigenvalue weighted by Crippen LogP contribution is 2.02. The maximum Gasteiger partial charge on any atom is 0.231 e. The second kappa shape index (κ2) is 4.04. The molecule has 8 nitrogen and oxygen atoms in total. The Kier molecular flexibility index (Phi) is 2.79. The van der Waals surface area contributed by atoms with Crippen LogP contribution >= 0.6 is 0 Å². The number of rotatable bonds is 4. The van der Waals surface area contributed by atoms with E-state index in [9.17, 15) is 0 Å². The molecule has 0 spiro atoms. The van der Waals surface area contributed by atoms with Gasteiger partial charge in [-0.25, -0.2) is 0 Å². The molecule has 0 atom stereocenters. The van der Waals surface area contributed by atoms with E-state index in [1.165, 1.54) is 0 Å². The lowest BCUT2D eigenvalue weighted by atomic mass is 10.8. The van der Waals surface area contributed by atoms with E-state index >= 15 is 0 Å². The third-order valence-corrected chi connectivity index (χ3v) is 1.07. The summed E-state index contributed by atoms with van der Waals surface area (Å²) in [5.74, 6) is 0.279. The highest BCUT2D eigenvalue weighted by Gasteiger charge is 1.99. The average Bonchev–Trinajstić information content (AvgIpc) is 2.03. The van der Waals surface area contributed by atoms with Crippen LogP contribution in [0.3, 0.4) is 0 Å². The summed E-state index contributed by atoms with van der Waals surface area (Å²) in [7, 11) is 0. The first-order chi connectivity index (χ1) is 6.22. The van der Waals surface area contributed by atoms with Crippen LogP contribution in [0.2, 0.25) is 0 Å². The second-order valence-electron chi connectivity index (χ2n) is 1.98. The van der Waals surface area contributed by atoms with E-state index < -0.39 is 0 Å². The van der Waals surface area contributed by atoms with Gasteiger partial charge < -0.3 is 21.5 Å². The summed E-state index contributed by atoms with van der Waals surface area (Å²) in [6.07, 6.45) is 0.793. The normalized spacial score (nSPS) is 9.23. The fourth-order valence-electron chi connectivity index (χ4n) is 0.636. The van der Waals surface area contributed by atoms with Gasteiger partial charge in [0.05, 0.1) is 0 Å². The van der Waals surface area contributed by atoms with Gasteiger partial charge in [0.25, 0.3) is 0 Å². The van der Waals surface area contributed by atoms with Crippen molar-refractivity contribution >= 4 is 24.2 Å². The minimum Gasteiger partial charge on any atom is -0.463 e. The molecule has 1 aromatic heterocycles. The van der Waals surface area contributed by atoms with Crippen molar-refractivity contribution in [3.8, 4) is 0 Å². The van der Waals surface area contributed by atoms with E-state index in [1.54, 1.807) is 0 Å². The number of nitrogens with one attached hydrogen (secondary N) is 2. The number of ether oxygens (including phenoxy) is 1. The van der Waals surface area contributed by atoms with Crippen molar-refractivity contribution in [2.24, 2.45) is 0 Å². The molecular weight excluding hydrogens is 174 g/mol. The number of hydrogen-bond donors (Lipinski definition) is 4. The maximum absolute atomic E-state index is 6.56. The number of nitrogen functional groups attached to an aromatic ring is 2. The van der Waals surface area contributed by atoms with Crippen LogP contribution in [-0.2, 0) is 4.74 Å². The van der Waals surface area contributed by atoms with Crippen LogP contribution in [0.25, 0.3) is 0 Å². The molecule has 0 aromatic carbocycles. The van der Waals surface area contributed by atoms with Crippen molar-refractivity contribution in [1.29, 1.82) is 5.41 Å². The summed E-state index contributed by atoms with van der Waals surface area (Å²) in [6, 6.07) is 0. The third-order valence-electron chi connectivity index (χ3n) is 1.07. The molecule has 70 valence electrons. The van der Waals surface area contributed by atoms with E-state index in [0.29, 0.717) is 0 Å². The Labute approximate surface area is 73.8 Å². The molecule has 1 heterocycles. The first-order valence-corrected chi connectivity index (χ1v) is 3.34. The van der Waals surface area contributed by atoms with Crippen LogP contribution in [0.15, 0.2) is 0 Å². The molecule has 0 aliphatic carbocycles. The monoisotopic (exact) mass is 183 g/mol. The van der Waals surface area contributed by atoms with Crippen LogP contribution in [0, 0.1) is 5.41 Å². The number of nitrogens with zero attached hydrogens (tertiary/aromatic N) is 3. The van der Waals surface area contributed by atoms with Gasteiger partial charge in [-0.15, -0.1) is 0 Å². The largest absolute Gasteiger partial charge is 0.463 e. The van der Waals surface area contributed by atoms with Crippen molar-refractivity contribution in [2.45, 2.75) is 0 Å². The van der Waals surface area contributed by atoms with Gasteiger partial charge in [0.1, 0.15) is 0 Å². The van der Waals surface area contributed by atoms with Gasteiger partial charge in [-0.3, -0.25) is 5.41 Å². The highest BCUT2D eigenvalue weighted by atomic mass is 16.5. The van der Waals surface area contributed by atoms with Crippen molar-refractivity contribution in [1.82, 2.24) is 15.0 Å². The summed E-state index contributed by atoms with van der Waals surface area (Å²) in [5, 5.41) is 9.19. The van der Waals surface area contributed by atoms with Crippen LogP contribution in [0.1, 0.15) is 0 Å². The van der Waals surface area contributed by atoms with Crippen molar-refractivity contribution in [3.05, 3.63) is 0 Å². The Morgan fingerprint density at radius 3 is 2.46 bits per heavy atom. The van der Waals surface area contributed by atoms with Gasteiger partial charge in [0, 0.05) is 0 Å². The Hall–Kier alpha value is -2.12. The lowest BCUT2D eigenvalue weighted by Gasteiger charge is -2.03. The first-order valence-electron chi connectivity index (χ1n) is 3.34. The van der Waals surface area contributed by atoms with Gasteiger partial charge >= 0.3 is 0 Å². The lowest BCUT2D eigenvalue weighted by Crippen LogP contribution is -2.11. The molecular formula is C5H9N7O. The number of nitrogens with two attached hydrogens (primary N) is 2. The van der Waals surface area contributed by atoms with Gasteiger partial charge in [-0.1, -0.05) is 0 Å². The molecule has 0 saturated heterocycles. The molecule has 0 radical (unpaired) electrons. The smallest absolute Gasteiger partial charge is 0.231 e. The van der Waals surface area contributed by atoms with Gasteiger partial charge in [-0.2, -0.15) is 15.0 Å². The van der Waals surface area contributed by atoms with E-state index in [-0.39, 0.29) is 24.6 Å². The van der Waals surface area contributed by atoms with Crippen LogP contribution in [-0.4, -0.2) is 28.1 Å². The van der Waals surface area contributed by atoms with Crippen molar-refractivity contribution in [2.75, 3.05) is 23.5 Å². The summed E-state index contributed by atoms with van der Waals surface area (Å²) in [4.78, 5) is 11.0. The summed E-state index contributed by atoms with van der Waals surface area (Å²) in [5.41, 5.74) is 10.6. The molecule has 0 fully saturated rings. The molecule has 0 amide bonds. The molecule has 6 N–H and O–H groups in total. The molecule has 0 aliphatic rings. The van der Waals surface area contributed by atoms with E-state index in [0.717, 1.165) is 6.40 Å². The number of hydrogen-bond acceptors (Lipinski definition) is 8. The maximum atomic E-state index is 6.56. The highest BCUT2D eigenvalue weighted by molar-refractivity contribution is 5.42. The minimum atomic E-state index is 0.0323. The quantitative estimate of drug-likeness (QED) is 0.204. The third kappa shape index (κ3) is 2.77.